The van der Waals surface area contributed by atoms with Crippen LogP contribution in [0.2, 0.25) is 0 Å². The van der Waals surface area contributed by atoms with Gasteiger partial charge < -0.3 is 25.3 Å². The van der Waals surface area contributed by atoms with E-state index in [0.717, 1.165) is 11.3 Å². The lowest BCUT2D eigenvalue weighted by atomic mass is 9.87. The Bertz CT molecular complexity index is 1670. The van der Waals surface area contributed by atoms with Gasteiger partial charge in [0.25, 0.3) is 11.8 Å². The third-order valence-electron chi connectivity index (χ3n) is 6.15. The molecule has 43 heavy (non-hydrogen) atoms. The Kier molecular flexibility index (Phi) is 10.1. The zero-order valence-corrected chi connectivity index (χ0v) is 25.8. The molecule has 5 N–H and O–H groups in total. The molecule has 0 fully saturated rings. The summed E-state index contributed by atoms with van der Waals surface area (Å²) in [6, 6.07) is 11.3. The number of nitrogen functional groups attached to an aromatic ring is 1. The monoisotopic (exact) mass is 628 g/mol. The van der Waals surface area contributed by atoms with Crippen molar-refractivity contribution in [3.8, 4) is 11.1 Å². The van der Waals surface area contributed by atoms with Crippen molar-refractivity contribution in [3.63, 3.8) is 0 Å². The average molecular weight is 629 g/mol. The number of rotatable bonds is 10. The molecule has 1 heterocycles. The number of nitrogens with one attached hydrogen (secondary N) is 3. The lowest BCUT2D eigenvalue weighted by Crippen LogP contribution is -2.47. The van der Waals surface area contributed by atoms with Crippen LogP contribution in [0.4, 0.5) is 5.69 Å². The maximum absolute atomic E-state index is 13.2. The van der Waals surface area contributed by atoms with Crippen LogP contribution in [0.1, 0.15) is 63.6 Å². The van der Waals surface area contributed by atoms with Crippen molar-refractivity contribution >= 4 is 56.7 Å². The van der Waals surface area contributed by atoms with Crippen molar-refractivity contribution in [1.29, 1.82) is 5.41 Å². The highest BCUT2D eigenvalue weighted by Crippen LogP contribution is 2.33. The molecular weight excluding hydrogens is 596 g/mol. The van der Waals surface area contributed by atoms with Gasteiger partial charge in [-0.2, -0.15) is 8.42 Å². The Morgan fingerprint density at radius 3 is 2.16 bits per heavy atom. The first-order valence-electron chi connectivity index (χ1n) is 12.8. The van der Waals surface area contributed by atoms with E-state index in [-0.39, 0.29) is 34.0 Å². The minimum atomic E-state index is -4.22. The first-order valence-corrected chi connectivity index (χ1v) is 15.5. The van der Waals surface area contributed by atoms with Crippen LogP contribution in [-0.4, -0.2) is 56.9 Å². The van der Waals surface area contributed by atoms with Gasteiger partial charge in [0, 0.05) is 29.3 Å². The highest BCUT2D eigenvalue weighted by Gasteiger charge is 2.29. The second kappa shape index (κ2) is 13.2. The van der Waals surface area contributed by atoms with Gasteiger partial charge in [0.05, 0.1) is 17.9 Å². The largest absolute Gasteiger partial charge is 0.464 e. The molecular formula is C29H32N4O8S2. The zero-order valence-electron chi connectivity index (χ0n) is 24.1. The first-order chi connectivity index (χ1) is 20.0. The lowest BCUT2D eigenvalue weighted by molar-refractivity contribution is -0.142. The summed E-state index contributed by atoms with van der Waals surface area (Å²) in [5.41, 5.74) is 6.10. The van der Waals surface area contributed by atoms with E-state index in [4.69, 9.17) is 15.9 Å². The number of hydrogen-bond acceptors (Lipinski definition) is 10. The van der Waals surface area contributed by atoms with Crippen LogP contribution in [0.5, 0.6) is 0 Å². The minimum Gasteiger partial charge on any atom is -0.464 e. The van der Waals surface area contributed by atoms with Crippen molar-refractivity contribution in [2.45, 2.75) is 33.7 Å². The van der Waals surface area contributed by atoms with Crippen molar-refractivity contribution in [2.75, 3.05) is 18.2 Å². The van der Waals surface area contributed by atoms with Crippen molar-refractivity contribution in [2.24, 2.45) is 11.1 Å². The van der Waals surface area contributed by atoms with E-state index >= 15 is 0 Å². The Hall–Kier alpha value is -4.56. The predicted octanol–water partition coefficient (Wildman–Crippen LogP) is 3.78. The maximum Gasteiger partial charge on any atom is 0.354 e. The molecule has 0 radical (unpaired) electrons. The lowest BCUT2D eigenvalue weighted by Gasteiger charge is -2.31. The summed E-state index contributed by atoms with van der Waals surface area (Å²) in [4.78, 5) is 51.1. The fourth-order valence-corrected chi connectivity index (χ4v) is 5.01. The number of anilines is 1. The standard InChI is InChI=1S/C29H32N4O8S2/c1-16(34)40-15-23(29(2,3)4)33-26(35)18-8-11-20(22(14-18)28(37)41-43(5,38)39)21-12-13-42-24(21)27(36)32-19-9-6-17(7-10-19)25(30)31/h6-14,23H,15H2,1-5H3,(H3,30,31)(H,32,36)(H,33,35)/t23-/m1/s1. The summed E-state index contributed by atoms with van der Waals surface area (Å²) in [6.07, 6.45) is 0.713. The Labute approximate surface area is 253 Å². The predicted molar refractivity (Wildman–Crippen MR) is 163 cm³/mol. The Morgan fingerprint density at radius 2 is 1.60 bits per heavy atom. The summed E-state index contributed by atoms with van der Waals surface area (Å²) < 4.78 is 33.4. The molecule has 0 saturated heterocycles. The molecule has 1 aromatic heterocycles. The third kappa shape index (κ3) is 8.96. The number of thiophene rings is 1. The smallest absolute Gasteiger partial charge is 0.354 e. The topological polar surface area (TPSA) is 195 Å². The number of amidine groups is 1. The highest BCUT2D eigenvalue weighted by atomic mass is 32.2. The Balaban J connectivity index is 2.00. The SMILES string of the molecule is CC(=O)OC[C@@H](NC(=O)c1ccc(-c2ccsc2C(=O)Nc2ccc(C(=N)N)cc2)c(C(=O)OS(C)(=O)=O)c1)C(C)(C)C. The van der Waals surface area contributed by atoms with Gasteiger partial charge in [0.1, 0.15) is 17.3 Å². The van der Waals surface area contributed by atoms with E-state index in [1.54, 1.807) is 35.7 Å². The van der Waals surface area contributed by atoms with E-state index in [1.165, 1.54) is 25.1 Å². The van der Waals surface area contributed by atoms with Gasteiger partial charge in [-0.1, -0.05) is 26.8 Å². The second-order valence-electron chi connectivity index (χ2n) is 10.6. The molecule has 14 heteroatoms. The fourth-order valence-electron chi connectivity index (χ4n) is 3.84. The van der Waals surface area contributed by atoms with Crippen LogP contribution in [0.15, 0.2) is 53.9 Å². The highest BCUT2D eigenvalue weighted by molar-refractivity contribution is 7.86. The van der Waals surface area contributed by atoms with E-state index in [1.807, 2.05) is 20.8 Å². The van der Waals surface area contributed by atoms with Gasteiger partial charge >= 0.3 is 22.1 Å². The molecule has 12 nitrogen and oxygen atoms in total. The van der Waals surface area contributed by atoms with Crippen molar-refractivity contribution < 1.29 is 36.5 Å². The molecule has 0 bridgehead atoms. The summed E-state index contributed by atoms with van der Waals surface area (Å²) in [5, 5.41) is 14.7. The molecule has 228 valence electrons. The number of hydrogen-bond donors (Lipinski definition) is 4. The summed E-state index contributed by atoms with van der Waals surface area (Å²) in [5.74, 6) is -2.99. The molecule has 0 spiro atoms. The first kappa shape index (κ1) is 32.9. The quantitative estimate of drug-likeness (QED) is 0.112. The van der Waals surface area contributed by atoms with Gasteiger partial charge in [0.15, 0.2) is 0 Å². The minimum absolute atomic E-state index is 0.00747. The molecule has 2 aromatic carbocycles. The molecule has 0 unspecified atom stereocenters. The van der Waals surface area contributed by atoms with Crippen LogP contribution in [0.3, 0.4) is 0 Å². The number of amides is 2. The van der Waals surface area contributed by atoms with Crippen molar-refractivity contribution in [1.82, 2.24) is 5.32 Å². The molecule has 0 aliphatic rings. The average Bonchev–Trinajstić information content (AvgIpc) is 3.39. The number of ether oxygens (including phenoxy) is 1. The van der Waals surface area contributed by atoms with Crippen LogP contribution in [0.25, 0.3) is 11.1 Å². The van der Waals surface area contributed by atoms with Gasteiger partial charge in [0.2, 0.25) is 0 Å². The van der Waals surface area contributed by atoms with Crippen molar-refractivity contribution in [3.05, 3.63) is 75.5 Å². The van der Waals surface area contributed by atoms with Crippen LogP contribution in [-0.2, 0) is 23.8 Å². The van der Waals surface area contributed by atoms with Gasteiger partial charge in [-0.3, -0.25) is 19.8 Å². The van der Waals surface area contributed by atoms with Crippen LogP contribution in [0, 0.1) is 10.8 Å². The van der Waals surface area contributed by atoms with Crippen LogP contribution >= 0.6 is 11.3 Å². The molecule has 1 atom stereocenters. The summed E-state index contributed by atoms with van der Waals surface area (Å²) in [6.45, 7) is 6.71. The molecule has 0 saturated carbocycles. The number of carbonyl (C=O) groups is 4. The number of nitrogens with two attached hydrogens (primary N) is 1. The van der Waals surface area contributed by atoms with Gasteiger partial charge in [-0.25, -0.2) is 4.79 Å². The summed E-state index contributed by atoms with van der Waals surface area (Å²) in [7, 11) is -4.22. The van der Waals surface area contributed by atoms with Crippen LogP contribution < -0.4 is 16.4 Å². The number of esters is 1. The fraction of sp³-hybridized carbons (Fsp3) is 0.276. The molecule has 3 rings (SSSR count). The second-order valence-corrected chi connectivity index (χ2v) is 13.1. The van der Waals surface area contributed by atoms with E-state index in [9.17, 15) is 27.6 Å². The summed E-state index contributed by atoms with van der Waals surface area (Å²) >= 11 is 1.09. The normalized spacial score (nSPS) is 12.1. The zero-order chi connectivity index (χ0) is 32.1. The number of carbonyl (C=O) groups excluding carboxylic acids is 4. The van der Waals surface area contributed by atoms with E-state index in [0.29, 0.717) is 23.1 Å². The number of benzene rings is 2. The molecule has 3 aromatic rings. The maximum atomic E-state index is 13.2. The molecule has 0 aliphatic carbocycles. The molecule has 2 amide bonds. The van der Waals surface area contributed by atoms with Gasteiger partial charge in [-0.15, -0.1) is 11.3 Å². The Morgan fingerprint density at radius 1 is 0.977 bits per heavy atom. The van der Waals surface area contributed by atoms with E-state index in [2.05, 4.69) is 14.8 Å². The molecule has 0 aliphatic heterocycles. The van der Waals surface area contributed by atoms with E-state index < -0.39 is 45.3 Å². The van der Waals surface area contributed by atoms with Gasteiger partial charge in [-0.05, 0) is 58.8 Å². The third-order valence-corrected chi connectivity index (χ3v) is 7.52.